The number of carbonyl (C=O) groups excluding carboxylic acids is 1. The van der Waals surface area contributed by atoms with E-state index < -0.39 is 17.8 Å². The highest BCUT2D eigenvalue weighted by molar-refractivity contribution is 5.93. The topological polar surface area (TPSA) is 87.2 Å². The van der Waals surface area contributed by atoms with Crippen LogP contribution in [0.15, 0.2) is 60.7 Å². The zero-order valence-electron chi connectivity index (χ0n) is 19.1. The Hall–Kier alpha value is -4.15. The van der Waals surface area contributed by atoms with E-state index in [1.165, 1.54) is 18.2 Å². The first kappa shape index (κ1) is 22.6. The number of pyridine rings is 1. The van der Waals surface area contributed by atoms with Crippen LogP contribution in [0.3, 0.4) is 0 Å². The van der Waals surface area contributed by atoms with Gasteiger partial charge in [-0.15, -0.1) is 0 Å². The number of fused-ring (bicyclic) bond motifs is 1. The number of aromatic nitrogens is 2. The van der Waals surface area contributed by atoms with Gasteiger partial charge in [-0.1, -0.05) is 30.0 Å². The van der Waals surface area contributed by atoms with Crippen LogP contribution < -0.4 is 5.32 Å². The lowest BCUT2D eigenvalue weighted by atomic mass is 10.0. The van der Waals surface area contributed by atoms with E-state index in [4.69, 9.17) is 4.74 Å². The number of aromatic hydroxyl groups is 1. The molecule has 1 amide bonds. The van der Waals surface area contributed by atoms with Gasteiger partial charge in [-0.2, -0.15) is 0 Å². The number of benzene rings is 2. The minimum absolute atomic E-state index is 0.130. The standard InChI is InChI=1S/C28H24FN3O3/c1-17-13-18(5-4-12-35-21-9-10-21)14-25(30-17)28(34)32-27(22-16-20(29)8-11-26(22)33)24-15-19-6-2-3-7-23(19)31-24/h2-3,6-8,11,13-16,21,27,31,33H,9-10,12H2,1H3,(H,32,34). The Kier molecular flexibility index (Phi) is 6.21. The van der Waals surface area contributed by atoms with Gasteiger partial charge in [-0.05, 0) is 67.6 Å². The Bertz CT molecular complexity index is 1430. The lowest BCUT2D eigenvalue weighted by Crippen LogP contribution is -2.30. The van der Waals surface area contributed by atoms with E-state index in [0.717, 1.165) is 23.7 Å². The van der Waals surface area contributed by atoms with Crippen molar-refractivity contribution in [2.45, 2.75) is 31.9 Å². The molecule has 4 aromatic rings. The SMILES string of the molecule is Cc1cc(C#CCOC2CC2)cc(C(=O)NC(c2cc3ccccc3[nH]2)c2cc(F)ccc2O)n1. The zero-order valence-corrected chi connectivity index (χ0v) is 19.1. The van der Waals surface area contributed by atoms with E-state index >= 15 is 0 Å². The molecule has 1 fully saturated rings. The van der Waals surface area contributed by atoms with Crippen molar-refractivity contribution in [1.82, 2.24) is 15.3 Å². The minimum atomic E-state index is -0.839. The number of nitrogens with zero attached hydrogens (tertiary/aromatic N) is 1. The van der Waals surface area contributed by atoms with E-state index in [1.54, 1.807) is 19.1 Å². The number of halogens is 1. The van der Waals surface area contributed by atoms with Crippen LogP contribution >= 0.6 is 0 Å². The van der Waals surface area contributed by atoms with Crippen LogP contribution in [0.2, 0.25) is 0 Å². The summed E-state index contributed by atoms with van der Waals surface area (Å²) in [6.45, 7) is 2.13. The van der Waals surface area contributed by atoms with Crippen molar-refractivity contribution in [2.75, 3.05) is 6.61 Å². The predicted molar refractivity (Wildman–Crippen MR) is 130 cm³/mol. The van der Waals surface area contributed by atoms with E-state index in [0.29, 0.717) is 29.7 Å². The molecule has 1 saturated carbocycles. The molecule has 6 nitrogen and oxygen atoms in total. The summed E-state index contributed by atoms with van der Waals surface area (Å²) in [5, 5.41) is 14.3. The average Bonchev–Trinajstić information content (AvgIpc) is 3.57. The van der Waals surface area contributed by atoms with E-state index in [-0.39, 0.29) is 17.0 Å². The van der Waals surface area contributed by atoms with Crippen LogP contribution in [-0.4, -0.2) is 33.7 Å². The fourth-order valence-electron chi connectivity index (χ4n) is 3.93. The maximum absolute atomic E-state index is 14.1. The van der Waals surface area contributed by atoms with Gasteiger partial charge in [0.05, 0.1) is 12.1 Å². The molecule has 3 N–H and O–H groups in total. The van der Waals surface area contributed by atoms with Gasteiger partial charge in [-0.25, -0.2) is 9.37 Å². The first-order valence-corrected chi connectivity index (χ1v) is 11.4. The molecule has 176 valence electrons. The number of rotatable bonds is 6. The molecule has 0 aliphatic heterocycles. The number of hydrogen-bond donors (Lipinski definition) is 3. The summed E-state index contributed by atoms with van der Waals surface area (Å²) in [6.07, 6.45) is 2.49. The van der Waals surface area contributed by atoms with Gasteiger partial charge in [0.15, 0.2) is 0 Å². The number of aryl methyl sites for hydroxylation is 1. The van der Waals surface area contributed by atoms with Crippen molar-refractivity contribution >= 4 is 16.8 Å². The quantitative estimate of drug-likeness (QED) is 0.355. The first-order chi connectivity index (χ1) is 17.0. The molecule has 0 bridgehead atoms. The van der Waals surface area contributed by atoms with Gasteiger partial charge in [0.2, 0.25) is 0 Å². The van der Waals surface area contributed by atoms with Crippen molar-refractivity contribution in [2.24, 2.45) is 0 Å². The Morgan fingerprint density at radius 1 is 1.23 bits per heavy atom. The fourth-order valence-corrected chi connectivity index (χ4v) is 3.93. The summed E-state index contributed by atoms with van der Waals surface area (Å²) in [5.41, 5.74) is 3.16. The number of H-pyrrole nitrogens is 1. The number of phenols is 1. The Balaban J connectivity index is 1.46. The van der Waals surface area contributed by atoms with Crippen LogP contribution in [0.5, 0.6) is 5.75 Å². The minimum Gasteiger partial charge on any atom is -0.508 e. The third-order valence-corrected chi connectivity index (χ3v) is 5.77. The smallest absolute Gasteiger partial charge is 0.270 e. The van der Waals surface area contributed by atoms with Crippen molar-refractivity contribution < 1.29 is 19.0 Å². The van der Waals surface area contributed by atoms with Crippen LogP contribution in [-0.2, 0) is 4.74 Å². The second kappa shape index (κ2) is 9.61. The highest BCUT2D eigenvalue weighted by Crippen LogP contribution is 2.32. The molecule has 2 heterocycles. The molecule has 35 heavy (non-hydrogen) atoms. The lowest BCUT2D eigenvalue weighted by Gasteiger charge is -2.19. The Morgan fingerprint density at radius 2 is 2.06 bits per heavy atom. The molecule has 5 rings (SSSR count). The van der Waals surface area contributed by atoms with Crippen LogP contribution in [0.4, 0.5) is 4.39 Å². The number of amides is 1. The second-order valence-electron chi connectivity index (χ2n) is 8.62. The van der Waals surface area contributed by atoms with Crippen molar-refractivity contribution in [3.05, 3.63) is 94.7 Å². The summed E-state index contributed by atoms with van der Waals surface area (Å²) >= 11 is 0. The Morgan fingerprint density at radius 3 is 2.86 bits per heavy atom. The molecule has 7 heteroatoms. The number of hydrogen-bond acceptors (Lipinski definition) is 4. The number of phenolic OH excluding ortho intramolecular Hbond substituents is 1. The van der Waals surface area contributed by atoms with Crippen molar-refractivity contribution in [3.63, 3.8) is 0 Å². The number of aromatic amines is 1. The van der Waals surface area contributed by atoms with Gasteiger partial charge in [0, 0.05) is 28.0 Å². The number of nitrogens with one attached hydrogen (secondary N) is 2. The fraction of sp³-hybridized carbons (Fsp3) is 0.214. The highest BCUT2D eigenvalue weighted by Gasteiger charge is 2.24. The van der Waals surface area contributed by atoms with Crippen LogP contribution in [0.1, 0.15) is 51.9 Å². The molecule has 1 unspecified atom stereocenters. The second-order valence-corrected chi connectivity index (χ2v) is 8.62. The third kappa shape index (κ3) is 5.34. The molecule has 0 spiro atoms. The van der Waals surface area contributed by atoms with Gasteiger partial charge >= 0.3 is 0 Å². The summed E-state index contributed by atoms with van der Waals surface area (Å²) in [7, 11) is 0. The monoisotopic (exact) mass is 469 g/mol. The average molecular weight is 470 g/mol. The van der Waals surface area contributed by atoms with Crippen LogP contribution in [0.25, 0.3) is 10.9 Å². The van der Waals surface area contributed by atoms with E-state index in [9.17, 15) is 14.3 Å². The predicted octanol–water partition coefficient (Wildman–Crippen LogP) is 4.77. The summed E-state index contributed by atoms with van der Waals surface area (Å²) in [5.74, 6) is 4.88. The molecule has 1 aliphatic rings. The molecule has 1 atom stereocenters. The molecular weight excluding hydrogens is 445 g/mol. The van der Waals surface area contributed by atoms with Crippen molar-refractivity contribution in [3.8, 4) is 17.6 Å². The number of carbonyl (C=O) groups is 1. The molecule has 0 saturated heterocycles. The van der Waals surface area contributed by atoms with Gasteiger partial charge in [0.1, 0.15) is 23.9 Å². The third-order valence-electron chi connectivity index (χ3n) is 5.77. The maximum Gasteiger partial charge on any atom is 0.270 e. The van der Waals surface area contributed by atoms with Gasteiger partial charge in [-0.3, -0.25) is 4.79 Å². The molecule has 0 radical (unpaired) electrons. The van der Waals surface area contributed by atoms with Gasteiger partial charge < -0.3 is 20.1 Å². The largest absolute Gasteiger partial charge is 0.508 e. The first-order valence-electron chi connectivity index (χ1n) is 11.4. The normalized spacial score (nSPS) is 13.8. The summed E-state index contributed by atoms with van der Waals surface area (Å²) in [6, 6.07) is 15.7. The van der Waals surface area contributed by atoms with E-state index in [1.807, 2.05) is 30.3 Å². The number of para-hydroxylation sites is 1. The van der Waals surface area contributed by atoms with E-state index in [2.05, 4.69) is 27.1 Å². The highest BCUT2D eigenvalue weighted by atomic mass is 19.1. The Labute approximate surface area is 202 Å². The van der Waals surface area contributed by atoms with Crippen LogP contribution in [0, 0.1) is 24.6 Å². The molecule has 2 aromatic heterocycles. The molecular formula is C28H24FN3O3. The summed E-state index contributed by atoms with van der Waals surface area (Å²) < 4.78 is 19.7. The van der Waals surface area contributed by atoms with Gasteiger partial charge in [0.25, 0.3) is 5.91 Å². The molecule has 2 aromatic carbocycles. The zero-order chi connectivity index (χ0) is 24.4. The maximum atomic E-state index is 14.1. The molecule has 1 aliphatic carbocycles. The summed E-state index contributed by atoms with van der Waals surface area (Å²) in [4.78, 5) is 20.9. The van der Waals surface area contributed by atoms with Crippen molar-refractivity contribution in [1.29, 1.82) is 0 Å². The number of ether oxygens (including phenoxy) is 1. The lowest BCUT2D eigenvalue weighted by molar-refractivity contribution is 0.0936.